The maximum atomic E-state index is 12.5. The largest absolute Gasteiger partial charge is 0.299 e. The van der Waals surface area contributed by atoms with Crippen molar-refractivity contribution in [2.75, 3.05) is 0 Å². The Bertz CT molecular complexity index is 1240. The predicted molar refractivity (Wildman–Crippen MR) is 130 cm³/mol. The van der Waals surface area contributed by atoms with Crippen molar-refractivity contribution in [3.8, 4) is 0 Å². The molecule has 0 aromatic heterocycles. The molecule has 2 aliphatic heterocycles. The summed E-state index contributed by atoms with van der Waals surface area (Å²) in [5, 5.41) is 10.0. The molecule has 2 heterocycles. The van der Waals surface area contributed by atoms with Crippen LogP contribution in [0.3, 0.4) is 0 Å². The summed E-state index contributed by atoms with van der Waals surface area (Å²) in [4.78, 5) is 18.0. The van der Waals surface area contributed by atoms with Crippen LogP contribution in [0.15, 0.2) is 98.3 Å². The molecule has 152 valence electrons. The van der Waals surface area contributed by atoms with E-state index in [9.17, 15) is 4.79 Å². The zero-order valence-electron chi connectivity index (χ0n) is 16.3. The van der Waals surface area contributed by atoms with E-state index in [1.165, 1.54) is 11.8 Å². The number of hydrazone groups is 1. The molecule has 0 aliphatic carbocycles. The molecule has 0 spiro atoms. The topological polar surface area (TPSA) is 57.1 Å². The summed E-state index contributed by atoms with van der Waals surface area (Å²) in [6.45, 7) is 0.579. The normalized spacial score (nSPS) is 18.2. The fourth-order valence-electron chi connectivity index (χ4n) is 3.34. The van der Waals surface area contributed by atoms with E-state index in [1.54, 1.807) is 0 Å². The number of hydrogen-bond acceptors (Lipinski definition) is 5. The van der Waals surface area contributed by atoms with Crippen molar-refractivity contribution >= 4 is 56.4 Å². The van der Waals surface area contributed by atoms with Gasteiger partial charge < -0.3 is 0 Å². The lowest BCUT2D eigenvalue weighted by atomic mass is 10.1. The Morgan fingerprint density at radius 1 is 1.00 bits per heavy atom. The molecule has 1 fully saturated rings. The number of benzene rings is 3. The van der Waals surface area contributed by atoms with Gasteiger partial charge in [0.2, 0.25) is 0 Å². The number of nitrogens with one attached hydrogen (secondary N) is 1. The smallest absolute Gasteiger partial charge is 0.264 e. The van der Waals surface area contributed by atoms with Gasteiger partial charge in [0.05, 0.1) is 17.1 Å². The maximum Gasteiger partial charge on any atom is 0.264 e. The molecular formula is C24H17BrN4OS. The Hall–Kier alpha value is -3.16. The highest BCUT2D eigenvalue weighted by molar-refractivity contribution is 9.10. The number of carbonyl (C=O) groups excluding carboxylic acids is 1. The summed E-state index contributed by atoms with van der Waals surface area (Å²) in [7, 11) is 0. The van der Waals surface area contributed by atoms with E-state index < -0.39 is 0 Å². The lowest BCUT2D eigenvalue weighted by Crippen LogP contribution is -2.32. The number of rotatable bonds is 3. The number of para-hydroxylation sites is 1. The van der Waals surface area contributed by atoms with E-state index >= 15 is 0 Å². The minimum Gasteiger partial charge on any atom is -0.299 e. The number of nitrogens with zero attached hydrogens (tertiary/aromatic N) is 3. The van der Waals surface area contributed by atoms with Gasteiger partial charge >= 0.3 is 0 Å². The van der Waals surface area contributed by atoms with Crippen LogP contribution < -0.4 is 5.32 Å². The molecule has 0 bridgehead atoms. The van der Waals surface area contributed by atoms with Crippen molar-refractivity contribution in [1.82, 2.24) is 10.3 Å². The number of amidine groups is 2. The highest BCUT2D eigenvalue weighted by atomic mass is 79.9. The van der Waals surface area contributed by atoms with Crippen LogP contribution in [0, 0.1) is 0 Å². The van der Waals surface area contributed by atoms with Crippen molar-refractivity contribution in [3.05, 3.63) is 105 Å². The van der Waals surface area contributed by atoms with E-state index in [0.29, 0.717) is 16.6 Å². The molecule has 0 radical (unpaired) electrons. The van der Waals surface area contributed by atoms with Crippen LogP contribution >= 0.6 is 27.7 Å². The van der Waals surface area contributed by atoms with Gasteiger partial charge in [0.25, 0.3) is 5.91 Å². The van der Waals surface area contributed by atoms with Crippen LogP contribution in [0.5, 0.6) is 0 Å². The minimum atomic E-state index is -0.151. The third-order valence-electron chi connectivity index (χ3n) is 4.84. The molecule has 5 nitrogen and oxygen atoms in total. The summed E-state index contributed by atoms with van der Waals surface area (Å²) in [5.74, 6) is 0.606. The number of halogens is 1. The Morgan fingerprint density at radius 2 is 1.74 bits per heavy atom. The van der Waals surface area contributed by atoms with Crippen LogP contribution in [-0.4, -0.2) is 21.9 Å². The summed E-state index contributed by atoms with van der Waals surface area (Å²) in [6.07, 6.45) is 1.87. The molecular weight excluding hydrogens is 472 g/mol. The van der Waals surface area contributed by atoms with Gasteiger partial charge in [-0.25, -0.2) is 10.0 Å². The molecule has 7 heteroatoms. The average molecular weight is 489 g/mol. The van der Waals surface area contributed by atoms with E-state index in [2.05, 4.69) is 21.2 Å². The van der Waals surface area contributed by atoms with Crippen LogP contribution in [0.25, 0.3) is 6.08 Å². The fourth-order valence-corrected chi connectivity index (χ4v) is 4.43. The van der Waals surface area contributed by atoms with E-state index in [4.69, 9.17) is 10.1 Å². The number of hydrogen-bond donors (Lipinski definition) is 1. The van der Waals surface area contributed by atoms with E-state index in [-0.39, 0.29) is 5.91 Å². The number of thioether (sulfide) groups is 1. The third kappa shape index (κ3) is 4.33. The van der Waals surface area contributed by atoms with Crippen molar-refractivity contribution in [3.63, 3.8) is 0 Å². The maximum absolute atomic E-state index is 12.5. The molecule has 0 unspecified atom stereocenters. The summed E-state index contributed by atoms with van der Waals surface area (Å²) >= 11 is 4.76. The quantitative estimate of drug-likeness (QED) is 0.493. The molecule has 1 N–H and O–H groups in total. The standard InChI is InChI=1S/C24H17BrN4OS/c25-19-12-10-16(11-13-19)14-21-23(30)27-24(31-21)28-29-15-18-8-4-5-9-20(18)26-22(29)17-6-2-1-3-7-17/h1-14H,15H2,(H,27,28,30)/b21-14+. The van der Waals surface area contributed by atoms with Gasteiger partial charge in [0.1, 0.15) is 0 Å². The SMILES string of the molecule is O=C1N/C(=N\N2Cc3ccccc3N=C2c2ccccc2)S/C1=C/c1ccc(Br)cc1. The van der Waals surface area contributed by atoms with E-state index in [1.807, 2.05) is 89.9 Å². The van der Waals surface area contributed by atoms with Crippen LogP contribution in [-0.2, 0) is 11.3 Å². The predicted octanol–water partition coefficient (Wildman–Crippen LogP) is 5.52. The lowest BCUT2D eigenvalue weighted by Gasteiger charge is -2.26. The molecule has 1 saturated heterocycles. The summed E-state index contributed by atoms with van der Waals surface area (Å²) < 4.78 is 0.999. The highest BCUT2D eigenvalue weighted by Crippen LogP contribution is 2.31. The molecule has 1 amide bonds. The first-order valence-electron chi connectivity index (χ1n) is 9.70. The first-order valence-corrected chi connectivity index (χ1v) is 11.3. The van der Waals surface area contributed by atoms with Gasteiger partial charge in [-0.05, 0) is 47.2 Å². The molecule has 2 aliphatic rings. The van der Waals surface area contributed by atoms with Crippen LogP contribution in [0.1, 0.15) is 16.7 Å². The van der Waals surface area contributed by atoms with Gasteiger partial charge in [-0.1, -0.05) is 76.6 Å². The van der Waals surface area contributed by atoms with Gasteiger partial charge in [0, 0.05) is 10.0 Å². The molecule has 3 aromatic carbocycles. The van der Waals surface area contributed by atoms with Crippen molar-refractivity contribution in [1.29, 1.82) is 0 Å². The zero-order valence-corrected chi connectivity index (χ0v) is 18.7. The van der Waals surface area contributed by atoms with Crippen LogP contribution in [0.2, 0.25) is 0 Å². The molecule has 3 aromatic rings. The molecule has 31 heavy (non-hydrogen) atoms. The van der Waals surface area contributed by atoms with Crippen LogP contribution in [0.4, 0.5) is 5.69 Å². The number of aliphatic imine (C=N–C) groups is 1. The number of fused-ring (bicyclic) bond motifs is 1. The van der Waals surface area contributed by atoms with Crippen molar-refractivity contribution in [2.24, 2.45) is 10.1 Å². The summed E-state index contributed by atoms with van der Waals surface area (Å²) in [5.41, 5.74) is 3.96. The van der Waals surface area contributed by atoms with Gasteiger partial charge in [-0.2, -0.15) is 0 Å². The van der Waals surface area contributed by atoms with E-state index in [0.717, 1.165) is 32.7 Å². The Labute approximate surface area is 192 Å². The second-order valence-corrected chi connectivity index (χ2v) is 8.96. The average Bonchev–Trinajstić information content (AvgIpc) is 3.14. The molecule has 0 saturated carbocycles. The Balaban J connectivity index is 1.46. The first-order chi connectivity index (χ1) is 15.2. The van der Waals surface area contributed by atoms with Gasteiger partial charge in [-0.3, -0.25) is 10.1 Å². The van der Waals surface area contributed by atoms with Gasteiger partial charge in [0.15, 0.2) is 11.0 Å². The Kier molecular flexibility index (Phi) is 5.44. The number of amides is 1. The second-order valence-electron chi connectivity index (χ2n) is 7.01. The molecule has 0 atom stereocenters. The monoisotopic (exact) mass is 488 g/mol. The minimum absolute atomic E-state index is 0.151. The molecule has 5 rings (SSSR count). The van der Waals surface area contributed by atoms with Gasteiger partial charge in [-0.15, -0.1) is 5.10 Å². The highest BCUT2D eigenvalue weighted by Gasteiger charge is 2.27. The zero-order chi connectivity index (χ0) is 21.2. The van der Waals surface area contributed by atoms with Crippen molar-refractivity contribution < 1.29 is 4.79 Å². The third-order valence-corrected chi connectivity index (χ3v) is 6.27. The Morgan fingerprint density at radius 3 is 2.55 bits per heavy atom. The number of carbonyl (C=O) groups is 1. The lowest BCUT2D eigenvalue weighted by molar-refractivity contribution is -0.115. The summed E-state index contributed by atoms with van der Waals surface area (Å²) in [6, 6.07) is 25.8. The first kappa shape index (κ1) is 19.8. The van der Waals surface area contributed by atoms with Crippen molar-refractivity contribution in [2.45, 2.75) is 6.54 Å². The second kappa shape index (κ2) is 8.53. The fraction of sp³-hybridized carbons (Fsp3) is 0.0417.